The maximum absolute atomic E-state index is 2.54. The third kappa shape index (κ3) is 5.40. The van der Waals surface area contributed by atoms with E-state index < -0.39 is 0 Å². The molecule has 9 aromatic carbocycles. The third-order valence-corrected chi connectivity index (χ3v) is 16.6. The van der Waals surface area contributed by atoms with E-state index in [-0.39, 0.29) is 10.8 Å². The molecule has 0 bridgehead atoms. The van der Waals surface area contributed by atoms with Crippen molar-refractivity contribution in [1.82, 2.24) is 0 Å². The molecule has 0 radical (unpaired) electrons. The minimum absolute atomic E-state index is 0.0914. The molecule has 0 aliphatic heterocycles. The monoisotopic (exact) mass is 841 g/mol. The lowest BCUT2D eigenvalue weighted by Crippen LogP contribution is -2.17. The van der Waals surface area contributed by atoms with E-state index in [2.05, 4.69) is 221 Å². The largest absolute Gasteiger partial charge is 0.310 e. The Bertz CT molecular complexity index is 3520. The van der Waals surface area contributed by atoms with Crippen LogP contribution in [0.1, 0.15) is 49.9 Å². The fourth-order valence-corrected chi connectivity index (χ4v) is 13.3. The van der Waals surface area contributed by atoms with E-state index in [0.29, 0.717) is 0 Å². The van der Waals surface area contributed by atoms with E-state index in [1.54, 1.807) is 0 Å². The first-order valence-corrected chi connectivity index (χ1v) is 23.6. The molecule has 0 saturated heterocycles. The molecule has 2 aromatic heterocycles. The predicted octanol–water partition coefficient (Wildman–Crippen LogP) is 17.8. The Kier molecular flexibility index (Phi) is 7.81. The molecule has 63 heavy (non-hydrogen) atoms. The van der Waals surface area contributed by atoms with Crippen LogP contribution in [-0.4, -0.2) is 0 Å². The second-order valence-corrected chi connectivity index (χ2v) is 20.7. The Labute approximate surface area is 376 Å². The lowest BCUT2D eigenvalue weighted by molar-refractivity contribution is 0.652. The summed E-state index contributed by atoms with van der Waals surface area (Å²) in [6.45, 7) is 9.61. The Hall–Kier alpha value is -6.78. The third-order valence-electron chi connectivity index (χ3n) is 14.3. The maximum Gasteiger partial charge on any atom is 0.0543 e. The van der Waals surface area contributed by atoms with Crippen molar-refractivity contribution in [3.05, 3.63) is 210 Å². The molecule has 3 heteroatoms. The summed E-state index contributed by atoms with van der Waals surface area (Å²) < 4.78 is 5.32. The molecule has 0 unspecified atom stereocenters. The predicted molar refractivity (Wildman–Crippen MR) is 273 cm³/mol. The standard InChI is InChI=1S/C60H43NS2/c1-59(2)49-15-8-5-12-42(49)47-34-52-48(35-51(47)59)58-50(60(52,3)4)16-11-17-53(58)61(40-26-20-36(21-27-40)38-24-30-45-43-13-6-9-18-54(43)62-56(45)32-38)41-28-22-37(23-29-41)39-25-31-46-44-14-7-10-19-55(44)63-57(46)33-39/h5-35H,1-4H3. The Morgan fingerprint density at radius 1 is 0.333 bits per heavy atom. The molecule has 2 aliphatic carbocycles. The molecule has 2 heterocycles. The smallest absolute Gasteiger partial charge is 0.0543 e. The fraction of sp³-hybridized carbons (Fsp3) is 0.100. The number of thiophene rings is 2. The summed E-state index contributed by atoms with van der Waals surface area (Å²) >= 11 is 3.75. The zero-order chi connectivity index (χ0) is 42.2. The van der Waals surface area contributed by atoms with Crippen molar-refractivity contribution in [2.45, 2.75) is 38.5 Å². The van der Waals surface area contributed by atoms with Crippen LogP contribution in [0.15, 0.2) is 188 Å². The highest BCUT2D eigenvalue weighted by Crippen LogP contribution is 2.59. The molecular formula is C60H43NS2. The quantitative estimate of drug-likeness (QED) is 0.167. The van der Waals surface area contributed by atoms with E-state index in [1.807, 2.05) is 22.7 Å². The van der Waals surface area contributed by atoms with E-state index in [9.17, 15) is 0 Å². The van der Waals surface area contributed by atoms with Crippen LogP contribution >= 0.6 is 22.7 Å². The fourth-order valence-electron chi connectivity index (χ4n) is 11.0. The summed E-state index contributed by atoms with van der Waals surface area (Å²) in [5, 5.41) is 5.32. The highest BCUT2D eigenvalue weighted by Gasteiger charge is 2.43. The van der Waals surface area contributed by atoms with Gasteiger partial charge in [-0.25, -0.2) is 0 Å². The number of benzene rings is 9. The first-order chi connectivity index (χ1) is 30.7. The van der Waals surface area contributed by atoms with Gasteiger partial charge in [0.15, 0.2) is 0 Å². The van der Waals surface area contributed by atoms with Crippen LogP contribution in [0.3, 0.4) is 0 Å². The van der Waals surface area contributed by atoms with Gasteiger partial charge in [0, 0.05) is 68.1 Å². The highest BCUT2D eigenvalue weighted by molar-refractivity contribution is 7.26. The SMILES string of the molecule is CC1(C)c2ccccc2-c2cc3c(cc21)-c1c(N(c2ccc(-c4ccc5c(c4)sc4ccccc45)cc2)c2ccc(-c4ccc5c(c4)sc4ccccc45)cc2)cccc1C3(C)C. The van der Waals surface area contributed by atoms with Gasteiger partial charge in [-0.15, -0.1) is 22.7 Å². The van der Waals surface area contributed by atoms with Crippen LogP contribution in [-0.2, 0) is 10.8 Å². The molecule has 0 amide bonds. The van der Waals surface area contributed by atoms with Crippen LogP contribution in [0, 0.1) is 0 Å². The molecule has 300 valence electrons. The van der Waals surface area contributed by atoms with Crippen LogP contribution in [0.2, 0.25) is 0 Å². The van der Waals surface area contributed by atoms with Crippen molar-refractivity contribution in [2.75, 3.05) is 4.90 Å². The Morgan fingerprint density at radius 3 is 1.40 bits per heavy atom. The first kappa shape index (κ1) is 36.8. The van der Waals surface area contributed by atoms with Crippen molar-refractivity contribution in [3.63, 3.8) is 0 Å². The van der Waals surface area contributed by atoms with Gasteiger partial charge in [0.05, 0.1) is 5.69 Å². The van der Waals surface area contributed by atoms with Gasteiger partial charge in [-0.3, -0.25) is 0 Å². The van der Waals surface area contributed by atoms with Crippen molar-refractivity contribution in [2.24, 2.45) is 0 Å². The second-order valence-electron chi connectivity index (χ2n) is 18.5. The van der Waals surface area contributed by atoms with Crippen molar-refractivity contribution < 1.29 is 0 Å². The van der Waals surface area contributed by atoms with Gasteiger partial charge < -0.3 is 4.90 Å². The molecule has 0 saturated carbocycles. The summed E-state index contributed by atoms with van der Waals surface area (Å²) in [6.07, 6.45) is 0. The van der Waals surface area contributed by atoms with Gasteiger partial charge >= 0.3 is 0 Å². The first-order valence-electron chi connectivity index (χ1n) is 22.0. The molecule has 11 aromatic rings. The molecule has 0 N–H and O–H groups in total. The number of nitrogens with zero attached hydrogens (tertiary/aromatic N) is 1. The topological polar surface area (TPSA) is 3.24 Å². The van der Waals surface area contributed by atoms with Crippen molar-refractivity contribution in [3.8, 4) is 44.5 Å². The summed E-state index contributed by atoms with van der Waals surface area (Å²) in [7, 11) is 0. The lowest BCUT2D eigenvalue weighted by atomic mass is 9.79. The van der Waals surface area contributed by atoms with Gasteiger partial charge in [-0.2, -0.15) is 0 Å². The summed E-state index contributed by atoms with van der Waals surface area (Å²) in [5.74, 6) is 0. The number of anilines is 3. The van der Waals surface area contributed by atoms with Crippen molar-refractivity contribution >= 4 is 80.1 Å². The van der Waals surface area contributed by atoms with E-state index >= 15 is 0 Å². The van der Waals surface area contributed by atoms with Gasteiger partial charge in [0.2, 0.25) is 0 Å². The van der Waals surface area contributed by atoms with Crippen LogP contribution < -0.4 is 4.90 Å². The van der Waals surface area contributed by atoms with E-state index in [4.69, 9.17) is 0 Å². The summed E-state index contributed by atoms with van der Waals surface area (Å²) in [5.41, 5.74) is 19.1. The van der Waals surface area contributed by atoms with Gasteiger partial charge in [-0.05, 0) is 128 Å². The molecule has 0 atom stereocenters. The second kappa shape index (κ2) is 13.4. The highest BCUT2D eigenvalue weighted by atomic mass is 32.1. The number of fused-ring (bicyclic) bond motifs is 12. The van der Waals surface area contributed by atoms with Crippen LogP contribution in [0.25, 0.3) is 84.9 Å². The molecule has 0 spiro atoms. The average Bonchev–Trinajstić information content (AvgIpc) is 4.01. The molecule has 2 aliphatic rings. The van der Waals surface area contributed by atoms with Crippen LogP contribution in [0.4, 0.5) is 17.1 Å². The normalized spacial score (nSPS) is 14.3. The zero-order valence-corrected chi connectivity index (χ0v) is 37.3. The van der Waals surface area contributed by atoms with E-state index in [1.165, 1.54) is 113 Å². The molecule has 0 fully saturated rings. The Morgan fingerprint density at radius 2 is 0.794 bits per heavy atom. The summed E-state index contributed by atoms with van der Waals surface area (Å²) in [6, 6.07) is 70.9. The van der Waals surface area contributed by atoms with Gasteiger partial charge in [-0.1, -0.05) is 149 Å². The van der Waals surface area contributed by atoms with Gasteiger partial charge in [0.1, 0.15) is 0 Å². The zero-order valence-electron chi connectivity index (χ0n) is 35.7. The number of hydrogen-bond donors (Lipinski definition) is 0. The average molecular weight is 842 g/mol. The molecule has 1 nitrogen and oxygen atoms in total. The molecule has 13 rings (SSSR count). The minimum Gasteiger partial charge on any atom is -0.310 e. The minimum atomic E-state index is -0.173. The van der Waals surface area contributed by atoms with Crippen molar-refractivity contribution in [1.29, 1.82) is 0 Å². The maximum atomic E-state index is 2.54. The van der Waals surface area contributed by atoms with Crippen LogP contribution in [0.5, 0.6) is 0 Å². The lowest BCUT2D eigenvalue weighted by Gasteiger charge is -2.29. The summed E-state index contributed by atoms with van der Waals surface area (Å²) in [4.78, 5) is 2.50. The number of rotatable bonds is 5. The molecular weight excluding hydrogens is 799 g/mol. The van der Waals surface area contributed by atoms with Gasteiger partial charge in [0.25, 0.3) is 0 Å². The number of hydrogen-bond acceptors (Lipinski definition) is 3. The Balaban J connectivity index is 0.959. The van der Waals surface area contributed by atoms with E-state index in [0.717, 1.165) is 11.4 Å².